The summed E-state index contributed by atoms with van der Waals surface area (Å²) in [6.07, 6.45) is 4.15. The minimum absolute atomic E-state index is 0.0000654. The van der Waals surface area contributed by atoms with Gasteiger partial charge in [-0.3, -0.25) is 9.13 Å². The number of anilines is 2. The van der Waals surface area contributed by atoms with Crippen LogP contribution in [0.3, 0.4) is 0 Å². The van der Waals surface area contributed by atoms with Crippen LogP contribution in [0, 0.1) is 6.92 Å². The van der Waals surface area contributed by atoms with Crippen molar-refractivity contribution in [1.29, 1.82) is 0 Å². The quantitative estimate of drug-likeness (QED) is 0.583. The molecule has 1 unspecified atom stereocenters. The molecule has 0 spiro atoms. The predicted molar refractivity (Wildman–Crippen MR) is 105 cm³/mol. The summed E-state index contributed by atoms with van der Waals surface area (Å²) >= 11 is 0. The van der Waals surface area contributed by atoms with Crippen LogP contribution < -0.4 is 11.0 Å². The van der Waals surface area contributed by atoms with E-state index in [9.17, 15) is 4.79 Å². The lowest BCUT2D eigenvalue weighted by Gasteiger charge is -2.11. The molecule has 142 valence electrons. The molecule has 1 saturated heterocycles. The van der Waals surface area contributed by atoms with Crippen molar-refractivity contribution in [1.82, 2.24) is 29.3 Å². The molecule has 3 aromatic heterocycles. The fourth-order valence-electron chi connectivity index (χ4n) is 3.64. The van der Waals surface area contributed by atoms with E-state index < -0.39 is 0 Å². The minimum Gasteiger partial charge on any atom is -0.379 e. The van der Waals surface area contributed by atoms with Crippen LogP contribution in [0.25, 0.3) is 22.1 Å². The van der Waals surface area contributed by atoms with Crippen molar-refractivity contribution in [2.24, 2.45) is 7.05 Å². The van der Waals surface area contributed by atoms with E-state index in [1.165, 1.54) is 0 Å². The van der Waals surface area contributed by atoms with Gasteiger partial charge >= 0.3 is 5.69 Å². The van der Waals surface area contributed by atoms with Crippen LogP contribution >= 0.6 is 0 Å². The lowest BCUT2D eigenvalue weighted by Crippen LogP contribution is -2.26. The number of nitrogens with one attached hydrogen (secondary N) is 1. The standard InChI is InChI=1S/C19H19N7O2/c1-11-7-15-12(3-5-21-24-15)8-14(11)22-18-20-9-16-17(23-18)26(19(27)25(16)2)13-4-6-28-10-13/h3,5,7-9,13H,4,6,10H2,1-2H3,(H,20,22,23). The SMILES string of the molecule is Cc1cc2nnccc2cc1Nc1ncc2c(n1)n(C1CCOC1)c(=O)n2C. The van der Waals surface area contributed by atoms with E-state index in [1.807, 2.05) is 25.1 Å². The lowest BCUT2D eigenvalue weighted by molar-refractivity contribution is 0.186. The number of fused-ring (bicyclic) bond motifs is 2. The summed E-state index contributed by atoms with van der Waals surface area (Å²) in [5, 5.41) is 12.3. The van der Waals surface area contributed by atoms with E-state index in [-0.39, 0.29) is 11.7 Å². The number of rotatable bonds is 3. The third-order valence-corrected chi connectivity index (χ3v) is 5.21. The third-order valence-electron chi connectivity index (χ3n) is 5.21. The second-order valence-corrected chi connectivity index (χ2v) is 7.01. The van der Waals surface area contributed by atoms with Crippen LogP contribution in [0.15, 0.2) is 35.4 Å². The summed E-state index contributed by atoms with van der Waals surface area (Å²) in [6, 6.07) is 5.87. The zero-order valence-corrected chi connectivity index (χ0v) is 15.6. The van der Waals surface area contributed by atoms with E-state index in [0.717, 1.165) is 28.6 Å². The van der Waals surface area contributed by atoms with Crippen molar-refractivity contribution < 1.29 is 4.74 Å². The first-order valence-electron chi connectivity index (χ1n) is 9.12. The highest BCUT2D eigenvalue weighted by Crippen LogP contribution is 2.26. The molecule has 1 aliphatic rings. The Balaban J connectivity index is 1.59. The predicted octanol–water partition coefficient (Wildman–Crippen LogP) is 2.09. The number of imidazole rings is 1. The van der Waals surface area contributed by atoms with Gasteiger partial charge in [0.05, 0.1) is 30.6 Å². The van der Waals surface area contributed by atoms with Crippen LogP contribution in [0.2, 0.25) is 0 Å². The maximum atomic E-state index is 12.7. The molecule has 0 amide bonds. The number of hydrogen-bond acceptors (Lipinski definition) is 7. The van der Waals surface area contributed by atoms with E-state index in [2.05, 4.69) is 25.5 Å². The monoisotopic (exact) mass is 377 g/mol. The fourth-order valence-corrected chi connectivity index (χ4v) is 3.64. The molecule has 28 heavy (non-hydrogen) atoms. The summed E-state index contributed by atoms with van der Waals surface area (Å²) in [4.78, 5) is 21.8. The maximum Gasteiger partial charge on any atom is 0.330 e. The normalized spacial score (nSPS) is 16.9. The highest BCUT2D eigenvalue weighted by atomic mass is 16.5. The first-order valence-corrected chi connectivity index (χ1v) is 9.12. The number of benzene rings is 1. The first-order chi connectivity index (χ1) is 13.6. The average molecular weight is 377 g/mol. The molecule has 1 atom stereocenters. The van der Waals surface area contributed by atoms with Gasteiger partial charge in [0.1, 0.15) is 5.52 Å². The fraction of sp³-hybridized carbons (Fsp3) is 0.316. The highest BCUT2D eigenvalue weighted by molar-refractivity contribution is 5.84. The van der Waals surface area contributed by atoms with E-state index in [0.29, 0.717) is 30.3 Å². The van der Waals surface area contributed by atoms with Crippen LogP contribution in [0.1, 0.15) is 18.0 Å². The number of ether oxygens (including phenoxy) is 1. The Kier molecular flexibility index (Phi) is 3.83. The van der Waals surface area contributed by atoms with Gasteiger partial charge in [-0.25, -0.2) is 9.78 Å². The molecule has 1 fully saturated rings. The van der Waals surface area contributed by atoms with Crippen LogP contribution in [-0.2, 0) is 11.8 Å². The minimum atomic E-state index is -0.0996. The smallest absolute Gasteiger partial charge is 0.330 e. The van der Waals surface area contributed by atoms with Crippen molar-refractivity contribution in [3.8, 4) is 0 Å². The molecule has 0 radical (unpaired) electrons. The van der Waals surface area contributed by atoms with Crippen molar-refractivity contribution >= 4 is 33.7 Å². The summed E-state index contributed by atoms with van der Waals surface area (Å²) in [5.74, 6) is 0.440. The largest absolute Gasteiger partial charge is 0.379 e. The molecule has 9 heteroatoms. The van der Waals surface area contributed by atoms with Gasteiger partial charge in [0.15, 0.2) is 5.65 Å². The zero-order chi connectivity index (χ0) is 19.3. The average Bonchev–Trinajstić information content (AvgIpc) is 3.30. The van der Waals surface area contributed by atoms with Crippen LogP contribution in [0.5, 0.6) is 0 Å². The van der Waals surface area contributed by atoms with Gasteiger partial charge in [0.2, 0.25) is 5.95 Å². The molecule has 1 N–H and O–H groups in total. The Bertz CT molecular complexity index is 1250. The van der Waals surface area contributed by atoms with Crippen LogP contribution in [-0.4, -0.2) is 42.5 Å². The van der Waals surface area contributed by atoms with E-state index in [1.54, 1.807) is 28.6 Å². The Morgan fingerprint density at radius 3 is 3.04 bits per heavy atom. The van der Waals surface area contributed by atoms with Gasteiger partial charge in [-0.2, -0.15) is 15.2 Å². The molecule has 4 aromatic rings. The zero-order valence-electron chi connectivity index (χ0n) is 15.6. The Labute approximate surface area is 160 Å². The lowest BCUT2D eigenvalue weighted by atomic mass is 10.1. The topological polar surface area (TPSA) is 99.8 Å². The van der Waals surface area contributed by atoms with Crippen molar-refractivity contribution in [3.05, 3.63) is 46.6 Å². The van der Waals surface area contributed by atoms with Crippen molar-refractivity contribution in [2.75, 3.05) is 18.5 Å². The molecule has 5 rings (SSSR count). The molecule has 4 heterocycles. The summed E-state index contributed by atoms with van der Waals surface area (Å²) < 4.78 is 8.77. The van der Waals surface area contributed by atoms with Gasteiger partial charge in [-0.1, -0.05) is 0 Å². The van der Waals surface area contributed by atoms with Crippen molar-refractivity contribution in [3.63, 3.8) is 0 Å². The Morgan fingerprint density at radius 2 is 2.21 bits per heavy atom. The molecular weight excluding hydrogens is 358 g/mol. The maximum absolute atomic E-state index is 12.7. The van der Waals surface area contributed by atoms with Gasteiger partial charge in [-0.15, -0.1) is 0 Å². The van der Waals surface area contributed by atoms with E-state index in [4.69, 9.17) is 4.74 Å². The van der Waals surface area contributed by atoms with Crippen molar-refractivity contribution in [2.45, 2.75) is 19.4 Å². The number of aryl methyl sites for hydroxylation is 2. The highest BCUT2D eigenvalue weighted by Gasteiger charge is 2.24. The molecule has 0 saturated carbocycles. The molecule has 9 nitrogen and oxygen atoms in total. The molecule has 1 aromatic carbocycles. The van der Waals surface area contributed by atoms with Gasteiger partial charge in [0.25, 0.3) is 0 Å². The molecule has 1 aliphatic heterocycles. The number of hydrogen-bond donors (Lipinski definition) is 1. The number of nitrogens with zero attached hydrogens (tertiary/aromatic N) is 6. The second-order valence-electron chi connectivity index (χ2n) is 7.01. The van der Waals surface area contributed by atoms with E-state index >= 15 is 0 Å². The summed E-state index contributed by atoms with van der Waals surface area (Å²) in [5.41, 5.74) is 3.94. The molecular formula is C19H19N7O2. The molecule has 0 aliphatic carbocycles. The molecule has 0 bridgehead atoms. The number of aromatic nitrogens is 6. The Morgan fingerprint density at radius 1 is 1.32 bits per heavy atom. The van der Waals surface area contributed by atoms with Gasteiger partial charge < -0.3 is 10.1 Å². The summed E-state index contributed by atoms with van der Waals surface area (Å²) in [7, 11) is 1.74. The van der Waals surface area contributed by atoms with Crippen LogP contribution in [0.4, 0.5) is 11.6 Å². The second kappa shape index (κ2) is 6.38. The van der Waals surface area contributed by atoms with Gasteiger partial charge in [0, 0.05) is 24.7 Å². The van der Waals surface area contributed by atoms with Gasteiger partial charge in [-0.05, 0) is 37.1 Å². The third kappa shape index (κ3) is 2.63. The first kappa shape index (κ1) is 16.8. The summed E-state index contributed by atoms with van der Waals surface area (Å²) in [6.45, 7) is 3.17. The Hall–Kier alpha value is -3.33.